The molecule has 0 aliphatic carbocycles. The Labute approximate surface area is 83.4 Å². The van der Waals surface area contributed by atoms with Gasteiger partial charge in [-0.25, -0.2) is 0 Å². The standard InChI is InChI=1S/C8H9BClNO2/c1-12-8(13-2)5-3-7(9)11-4-6(5)10/h3-4,8H,1-2H3. The van der Waals surface area contributed by atoms with Crippen molar-refractivity contribution in [2.45, 2.75) is 6.29 Å². The van der Waals surface area contributed by atoms with Gasteiger partial charge in [0.05, 0.1) is 5.02 Å². The van der Waals surface area contributed by atoms with Gasteiger partial charge in [0.2, 0.25) is 0 Å². The summed E-state index contributed by atoms with van der Waals surface area (Å²) < 4.78 is 10.1. The number of aromatic nitrogens is 1. The third kappa shape index (κ3) is 2.43. The number of methoxy groups -OCH3 is 2. The summed E-state index contributed by atoms with van der Waals surface area (Å²) in [7, 11) is 8.55. The highest BCUT2D eigenvalue weighted by molar-refractivity contribution is 6.33. The van der Waals surface area contributed by atoms with Crippen LogP contribution in [0.5, 0.6) is 0 Å². The van der Waals surface area contributed by atoms with E-state index in [0.29, 0.717) is 16.2 Å². The Morgan fingerprint density at radius 2 is 2.08 bits per heavy atom. The summed E-state index contributed by atoms with van der Waals surface area (Å²) in [5.74, 6) is 0. The average Bonchev–Trinajstić information content (AvgIpc) is 2.13. The van der Waals surface area contributed by atoms with Crippen LogP contribution in [0.4, 0.5) is 0 Å². The Morgan fingerprint density at radius 3 is 2.62 bits per heavy atom. The van der Waals surface area contributed by atoms with Crippen molar-refractivity contribution in [3.05, 3.63) is 22.8 Å². The van der Waals surface area contributed by atoms with Crippen LogP contribution in [0.25, 0.3) is 0 Å². The van der Waals surface area contributed by atoms with E-state index in [9.17, 15) is 0 Å². The smallest absolute Gasteiger partial charge is 0.184 e. The van der Waals surface area contributed by atoms with E-state index < -0.39 is 6.29 Å². The topological polar surface area (TPSA) is 31.4 Å². The molecule has 0 amide bonds. The van der Waals surface area contributed by atoms with Crippen LogP contribution in [0.15, 0.2) is 12.3 Å². The van der Waals surface area contributed by atoms with Gasteiger partial charge in [-0.15, -0.1) is 0 Å². The van der Waals surface area contributed by atoms with E-state index in [1.807, 2.05) is 0 Å². The van der Waals surface area contributed by atoms with Gasteiger partial charge in [0.25, 0.3) is 0 Å². The van der Waals surface area contributed by atoms with Gasteiger partial charge in [-0.1, -0.05) is 11.6 Å². The van der Waals surface area contributed by atoms with E-state index in [1.54, 1.807) is 6.07 Å². The lowest BCUT2D eigenvalue weighted by Crippen LogP contribution is -2.13. The quantitative estimate of drug-likeness (QED) is 0.531. The molecule has 1 heterocycles. The highest BCUT2D eigenvalue weighted by atomic mass is 35.5. The van der Waals surface area contributed by atoms with Crippen molar-refractivity contribution in [3.8, 4) is 0 Å². The molecule has 0 bridgehead atoms. The lowest BCUT2D eigenvalue weighted by Gasteiger charge is -2.15. The van der Waals surface area contributed by atoms with Crippen LogP contribution in [-0.4, -0.2) is 27.0 Å². The van der Waals surface area contributed by atoms with Crippen LogP contribution in [-0.2, 0) is 9.47 Å². The van der Waals surface area contributed by atoms with Gasteiger partial charge in [0.1, 0.15) is 7.85 Å². The number of hydrogen-bond acceptors (Lipinski definition) is 3. The second kappa shape index (κ2) is 4.60. The fourth-order valence-electron chi connectivity index (χ4n) is 1.00. The van der Waals surface area contributed by atoms with E-state index >= 15 is 0 Å². The number of nitrogens with zero attached hydrogens (tertiary/aromatic N) is 1. The molecule has 0 saturated carbocycles. The minimum atomic E-state index is -0.502. The first-order chi connectivity index (χ1) is 6.19. The van der Waals surface area contributed by atoms with Crippen molar-refractivity contribution in [1.29, 1.82) is 0 Å². The molecule has 1 aromatic heterocycles. The van der Waals surface area contributed by atoms with Crippen LogP contribution in [0.1, 0.15) is 11.9 Å². The molecule has 0 spiro atoms. The van der Waals surface area contributed by atoms with Crippen LogP contribution in [0, 0.1) is 0 Å². The first-order valence-corrected chi connectivity index (χ1v) is 4.03. The predicted octanol–water partition coefficient (Wildman–Crippen LogP) is 0.820. The van der Waals surface area contributed by atoms with Crippen molar-refractivity contribution in [1.82, 2.24) is 4.98 Å². The Kier molecular flexibility index (Phi) is 3.72. The number of rotatable bonds is 3. The fourth-order valence-corrected chi connectivity index (χ4v) is 1.19. The Hall–Kier alpha value is -0.575. The van der Waals surface area contributed by atoms with Crippen LogP contribution in [0.3, 0.4) is 0 Å². The molecule has 68 valence electrons. The average molecular weight is 197 g/mol. The van der Waals surface area contributed by atoms with E-state index in [2.05, 4.69) is 4.98 Å². The molecule has 0 saturated heterocycles. The van der Waals surface area contributed by atoms with Gasteiger partial charge >= 0.3 is 0 Å². The van der Waals surface area contributed by atoms with Gasteiger partial charge in [-0.2, -0.15) is 0 Å². The summed E-state index contributed by atoms with van der Waals surface area (Å²) in [6, 6.07) is 1.62. The molecule has 0 fully saturated rings. The fraction of sp³-hybridized carbons (Fsp3) is 0.375. The van der Waals surface area contributed by atoms with Crippen LogP contribution >= 0.6 is 11.6 Å². The van der Waals surface area contributed by atoms with Gasteiger partial charge < -0.3 is 9.47 Å². The maximum Gasteiger partial charge on any atom is 0.184 e. The molecular formula is C8H9BClNO2. The van der Waals surface area contributed by atoms with Gasteiger partial charge in [-0.05, 0) is 11.7 Å². The van der Waals surface area contributed by atoms with Crippen molar-refractivity contribution in [2.75, 3.05) is 14.2 Å². The highest BCUT2D eigenvalue weighted by Gasteiger charge is 2.12. The lowest BCUT2D eigenvalue weighted by atomic mass is 10.0. The zero-order valence-corrected chi connectivity index (χ0v) is 8.21. The van der Waals surface area contributed by atoms with Crippen molar-refractivity contribution in [2.24, 2.45) is 0 Å². The third-order valence-corrected chi connectivity index (χ3v) is 1.90. The number of halogens is 1. The SMILES string of the molecule is [B]c1cc(C(OC)OC)c(Cl)cn1. The molecule has 0 aliphatic heterocycles. The highest BCUT2D eigenvalue weighted by Crippen LogP contribution is 2.23. The molecular weight excluding hydrogens is 188 g/mol. The zero-order chi connectivity index (χ0) is 9.84. The zero-order valence-electron chi connectivity index (χ0n) is 7.45. The molecule has 1 aromatic rings. The molecule has 0 N–H and O–H groups in total. The van der Waals surface area contributed by atoms with E-state index in [-0.39, 0.29) is 0 Å². The molecule has 0 aromatic carbocycles. The summed E-state index contributed by atoms with van der Waals surface area (Å²) in [6.07, 6.45) is 0.967. The van der Waals surface area contributed by atoms with Gasteiger partial charge in [0, 0.05) is 26.0 Å². The number of hydrogen-bond donors (Lipinski definition) is 0. The second-order valence-corrected chi connectivity index (χ2v) is 2.84. The van der Waals surface area contributed by atoms with Crippen molar-refractivity contribution >= 4 is 25.0 Å². The normalized spacial score (nSPS) is 10.8. The maximum absolute atomic E-state index is 5.87. The van der Waals surface area contributed by atoms with Crippen molar-refractivity contribution < 1.29 is 9.47 Å². The summed E-state index contributed by atoms with van der Waals surface area (Å²) in [5, 5.41) is 0.475. The Morgan fingerprint density at radius 1 is 1.46 bits per heavy atom. The second-order valence-electron chi connectivity index (χ2n) is 2.43. The summed E-state index contributed by atoms with van der Waals surface area (Å²) in [4.78, 5) is 3.83. The Bertz CT molecular complexity index is 291. The summed E-state index contributed by atoms with van der Waals surface area (Å²) in [5.41, 5.74) is 1.07. The van der Waals surface area contributed by atoms with Gasteiger partial charge in [-0.3, -0.25) is 4.98 Å². The Balaban J connectivity index is 3.03. The minimum absolute atomic E-state index is 0.388. The lowest BCUT2D eigenvalue weighted by molar-refractivity contribution is -0.105. The summed E-state index contributed by atoms with van der Waals surface area (Å²) in [6.45, 7) is 0. The largest absolute Gasteiger partial charge is 0.352 e. The van der Waals surface area contributed by atoms with Gasteiger partial charge in [0.15, 0.2) is 6.29 Å². The number of pyridine rings is 1. The molecule has 5 heteroatoms. The molecule has 13 heavy (non-hydrogen) atoms. The van der Waals surface area contributed by atoms with E-state index in [0.717, 1.165) is 0 Å². The summed E-state index contributed by atoms with van der Waals surface area (Å²) >= 11 is 5.87. The molecule has 2 radical (unpaired) electrons. The van der Waals surface area contributed by atoms with Crippen LogP contribution in [0.2, 0.25) is 5.02 Å². The third-order valence-electron chi connectivity index (χ3n) is 1.59. The first kappa shape index (κ1) is 10.5. The van der Waals surface area contributed by atoms with E-state index in [4.69, 9.17) is 28.9 Å². The molecule has 0 aliphatic rings. The maximum atomic E-state index is 5.87. The predicted molar refractivity (Wildman–Crippen MR) is 51.4 cm³/mol. The minimum Gasteiger partial charge on any atom is -0.352 e. The van der Waals surface area contributed by atoms with Crippen LogP contribution < -0.4 is 5.59 Å². The number of ether oxygens (including phenoxy) is 2. The molecule has 1 rings (SSSR count). The van der Waals surface area contributed by atoms with E-state index in [1.165, 1.54) is 20.4 Å². The van der Waals surface area contributed by atoms with Crippen molar-refractivity contribution in [3.63, 3.8) is 0 Å². The molecule has 0 atom stereocenters. The molecule has 0 unspecified atom stereocenters. The monoisotopic (exact) mass is 197 g/mol. The molecule has 3 nitrogen and oxygen atoms in total. The first-order valence-electron chi connectivity index (χ1n) is 3.65.